The van der Waals surface area contributed by atoms with Crippen LogP contribution in [0.25, 0.3) is 0 Å². The number of aromatic nitrogens is 1. The van der Waals surface area contributed by atoms with E-state index in [1.807, 2.05) is 13.0 Å². The maximum atomic E-state index is 11.7. The van der Waals surface area contributed by atoms with E-state index in [1.54, 1.807) is 30.3 Å². The van der Waals surface area contributed by atoms with Crippen LogP contribution in [0.1, 0.15) is 17.4 Å². The Kier molecular flexibility index (Phi) is 4.07. The number of hydrogen-bond acceptors (Lipinski definition) is 2. The third kappa shape index (κ3) is 3.10. The van der Waals surface area contributed by atoms with Crippen LogP contribution in [0, 0.1) is 0 Å². The second-order valence-corrected chi connectivity index (χ2v) is 4.74. The summed E-state index contributed by atoms with van der Waals surface area (Å²) in [6.07, 6.45) is 1.62. The van der Waals surface area contributed by atoms with Gasteiger partial charge in [-0.2, -0.15) is 0 Å². The number of hydrogen-bond donors (Lipinski definition) is 0. The highest BCUT2D eigenvalue weighted by atomic mass is 79.9. The van der Waals surface area contributed by atoms with E-state index in [1.165, 1.54) is 0 Å². The molecule has 0 fully saturated rings. The molecule has 1 rings (SSSR count). The highest BCUT2D eigenvalue weighted by Gasteiger charge is 2.13. The van der Waals surface area contributed by atoms with Crippen molar-refractivity contribution in [2.24, 2.45) is 0 Å². The van der Waals surface area contributed by atoms with Gasteiger partial charge >= 0.3 is 0 Å². The van der Waals surface area contributed by atoms with E-state index in [4.69, 9.17) is 0 Å². The molecular formula is C10H13BrN2O. The summed E-state index contributed by atoms with van der Waals surface area (Å²) < 4.78 is 0. The van der Waals surface area contributed by atoms with E-state index in [9.17, 15) is 4.79 Å². The predicted octanol–water partition coefficient (Wildman–Crippen LogP) is 1.94. The van der Waals surface area contributed by atoms with Crippen LogP contribution in [0.15, 0.2) is 24.4 Å². The minimum Gasteiger partial charge on any atom is -0.339 e. The molecule has 0 spiro atoms. The SMILES string of the molecule is CC(Br)CN(C)C(=O)c1ccccn1. The third-order valence-electron chi connectivity index (χ3n) is 1.76. The van der Waals surface area contributed by atoms with E-state index in [-0.39, 0.29) is 5.91 Å². The number of amides is 1. The van der Waals surface area contributed by atoms with Crippen LogP contribution in [-0.4, -0.2) is 34.2 Å². The maximum absolute atomic E-state index is 11.7. The summed E-state index contributed by atoms with van der Waals surface area (Å²) in [6, 6.07) is 5.33. The number of carbonyl (C=O) groups is 1. The van der Waals surface area contributed by atoms with Gasteiger partial charge in [0.2, 0.25) is 0 Å². The van der Waals surface area contributed by atoms with Gasteiger partial charge in [0, 0.05) is 24.6 Å². The molecule has 3 nitrogen and oxygen atoms in total. The summed E-state index contributed by atoms with van der Waals surface area (Å²) in [5.74, 6) is -0.0445. The molecule has 0 aliphatic rings. The van der Waals surface area contributed by atoms with Crippen LogP contribution in [0.3, 0.4) is 0 Å². The lowest BCUT2D eigenvalue weighted by molar-refractivity contribution is 0.0791. The van der Waals surface area contributed by atoms with E-state index in [0.717, 1.165) is 0 Å². The molecule has 76 valence electrons. The molecule has 1 amide bonds. The first-order valence-electron chi connectivity index (χ1n) is 4.42. The molecule has 0 aliphatic carbocycles. The molecule has 0 aliphatic heterocycles. The molecular weight excluding hydrogens is 244 g/mol. The van der Waals surface area contributed by atoms with Crippen LogP contribution < -0.4 is 0 Å². The first kappa shape index (κ1) is 11.2. The zero-order chi connectivity index (χ0) is 10.6. The van der Waals surface area contributed by atoms with Crippen LogP contribution in [0.5, 0.6) is 0 Å². The molecule has 1 heterocycles. The number of alkyl halides is 1. The predicted molar refractivity (Wildman–Crippen MR) is 59.6 cm³/mol. The number of carbonyl (C=O) groups excluding carboxylic acids is 1. The molecule has 1 aromatic heterocycles. The van der Waals surface area contributed by atoms with Crippen molar-refractivity contribution in [2.75, 3.05) is 13.6 Å². The van der Waals surface area contributed by atoms with Gasteiger partial charge in [-0.05, 0) is 12.1 Å². The maximum Gasteiger partial charge on any atom is 0.272 e. The second kappa shape index (κ2) is 5.10. The molecule has 0 aromatic carbocycles. The highest BCUT2D eigenvalue weighted by molar-refractivity contribution is 9.09. The first-order valence-corrected chi connectivity index (χ1v) is 5.33. The van der Waals surface area contributed by atoms with Gasteiger partial charge in [-0.1, -0.05) is 28.9 Å². The van der Waals surface area contributed by atoms with Gasteiger partial charge in [0.15, 0.2) is 0 Å². The van der Waals surface area contributed by atoms with Gasteiger partial charge in [-0.25, -0.2) is 0 Å². The Morgan fingerprint density at radius 1 is 1.64 bits per heavy atom. The molecule has 0 bridgehead atoms. The summed E-state index contributed by atoms with van der Waals surface area (Å²) in [4.78, 5) is 17.7. The Balaban J connectivity index is 2.66. The van der Waals surface area contributed by atoms with Crippen molar-refractivity contribution < 1.29 is 4.79 Å². The number of nitrogens with zero attached hydrogens (tertiary/aromatic N) is 2. The smallest absolute Gasteiger partial charge is 0.272 e. The average molecular weight is 257 g/mol. The Bertz CT molecular complexity index is 300. The highest BCUT2D eigenvalue weighted by Crippen LogP contribution is 2.04. The standard InChI is InChI=1S/C10H13BrN2O/c1-8(11)7-13(2)10(14)9-5-3-4-6-12-9/h3-6,8H,7H2,1-2H3. The van der Waals surface area contributed by atoms with Crippen LogP contribution in [0.2, 0.25) is 0 Å². The monoisotopic (exact) mass is 256 g/mol. The van der Waals surface area contributed by atoms with Gasteiger partial charge in [0.25, 0.3) is 5.91 Å². The minimum absolute atomic E-state index is 0.0445. The Morgan fingerprint density at radius 2 is 2.36 bits per heavy atom. The summed E-state index contributed by atoms with van der Waals surface area (Å²) in [6.45, 7) is 2.68. The lowest BCUT2D eigenvalue weighted by atomic mass is 10.3. The third-order valence-corrected chi connectivity index (χ3v) is 2.05. The fraction of sp³-hybridized carbons (Fsp3) is 0.400. The molecule has 4 heteroatoms. The molecule has 0 N–H and O–H groups in total. The van der Waals surface area contributed by atoms with Gasteiger partial charge < -0.3 is 4.90 Å². The van der Waals surface area contributed by atoms with Crippen molar-refractivity contribution in [3.8, 4) is 0 Å². The zero-order valence-electron chi connectivity index (χ0n) is 8.27. The quantitative estimate of drug-likeness (QED) is 0.775. The lowest BCUT2D eigenvalue weighted by Crippen LogP contribution is -2.31. The van der Waals surface area contributed by atoms with Crippen LogP contribution >= 0.6 is 15.9 Å². The average Bonchev–Trinajstić information content (AvgIpc) is 2.17. The van der Waals surface area contributed by atoms with E-state index in [2.05, 4.69) is 20.9 Å². The van der Waals surface area contributed by atoms with E-state index >= 15 is 0 Å². The number of pyridine rings is 1. The van der Waals surface area contributed by atoms with Crippen molar-refractivity contribution >= 4 is 21.8 Å². The van der Waals surface area contributed by atoms with Gasteiger partial charge in [0.05, 0.1) is 0 Å². The molecule has 1 aromatic rings. The summed E-state index contributed by atoms with van der Waals surface area (Å²) >= 11 is 3.40. The Hall–Kier alpha value is -0.900. The van der Waals surface area contributed by atoms with Crippen molar-refractivity contribution in [2.45, 2.75) is 11.8 Å². The molecule has 1 atom stereocenters. The van der Waals surface area contributed by atoms with Gasteiger partial charge in [-0.15, -0.1) is 0 Å². The summed E-state index contributed by atoms with van der Waals surface area (Å²) in [5, 5.41) is 0. The Labute approximate surface area is 92.3 Å². The normalized spacial score (nSPS) is 12.2. The minimum atomic E-state index is -0.0445. The van der Waals surface area contributed by atoms with Crippen molar-refractivity contribution in [1.82, 2.24) is 9.88 Å². The van der Waals surface area contributed by atoms with Crippen molar-refractivity contribution in [1.29, 1.82) is 0 Å². The number of rotatable bonds is 3. The molecule has 0 saturated carbocycles. The zero-order valence-corrected chi connectivity index (χ0v) is 9.86. The molecule has 14 heavy (non-hydrogen) atoms. The van der Waals surface area contributed by atoms with E-state index in [0.29, 0.717) is 17.1 Å². The lowest BCUT2D eigenvalue weighted by Gasteiger charge is -2.17. The Morgan fingerprint density at radius 3 is 2.86 bits per heavy atom. The van der Waals surface area contributed by atoms with Gasteiger partial charge in [-0.3, -0.25) is 9.78 Å². The summed E-state index contributed by atoms with van der Waals surface area (Å²) in [5.41, 5.74) is 0.489. The topological polar surface area (TPSA) is 33.2 Å². The van der Waals surface area contributed by atoms with Gasteiger partial charge in [0.1, 0.15) is 5.69 Å². The van der Waals surface area contributed by atoms with Crippen molar-refractivity contribution in [3.63, 3.8) is 0 Å². The number of halogens is 1. The molecule has 1 unspecified atom stereocenters. The first-order chi connectivity index (χ1) is 6.61. The van der Waals surface area contributed by atoms with Crippen LogP contribution in [0.4, 0.5) is 0 Å². The fourth-order valence-electron chi connectivity index (χ4n) is 1.15. The second-order valence-electron chi connectivity index (χ2n) is 3.18. The summed E-state index contributed by atoms with van der Waals surface area (Å²) in [7, 11) is 1.77. The fourth-order valence-corrected chi connectivity index (χ4v) is 1.58. The van der Waals surface area contributed by atoms with E-state index < -0.39 is 0 Å². The largest absolute Gasteiger partial charge is 0.339 e. The van der Waals surface area contributed by atoms with Crippen LogP contribution in [-0.2, 0) is 0 Å². The molecule has 0 saturated heterocycles. The molecule has 0 radical (unpaired) electrons. The van der Waals surface area contributed by atoms with Crippen molar-refractivity contribution in [3.05, 3.63) is 30.1 Å².